The maximum absolute atomic E-state index is 14.1. The van der Waals surface area contributed by atoms with Gasteiger partial charge >= 0.3 is 0 Å². The van der Waals surface area contributed by atoms with E-state index in [4.69, 9.17) is 26.1 Å². The van der Waals surface area contributed by atoms with Gasteiger partial charge in [0.2, 0.25) is 0 Å². The molecule has 1 amide bonds. The Bertz CT molecular complexity index is 1930. The van der Waals surface area contributed by atoms with E-state index in [0.29, 0.717) is 65.8 Å². The summed E-state index contributed by atoms with van der Waals surface area (Å²) >= 11 is 11.0. The van der Waals surface area contributed by atoms with E-state index in [1.165, 1.54) is 24.5 Å². The Morgan fingerprint density at radius 1 is 1.16 bits per heavy atom. The highest BCUT2D eigenvalue weighted by Gasteiger charge is 2.34. The fourth-order valence-electron chi connectivity index (χ4n) is 5.12. The number of halogens is 3. The van der Waals surface area contributed by atoms with Gasteiger partial charge in [-0.2, -0.15) is 0 Å². The standard InChI is InChI=1S/C33H30BrClFN3O4S/c1-5-38(6-2)32(41)28-19(3)37-33-39(29(28)21-11-13-23(35)14-12-21)31(40)27(44-33)17-20-15-24(34)30(26(16-20)42-4)43-18-22-9-7-8-10-25(22)36/h7-17,29H,5-6,18H2,1-4H3/b27-17+/t29-/m0/s1. The fraction of sp³-hybridized carbons (Fsp3) is 0.242. The quantitative estimate of drug-likeness (QED) is 0.207. The summed E-state index contributed by atoms with van der Waals surface area (Å²) in [5.41, 5.74) is 2.59. The number of hydrogen-bond donors (Lipinski definition) is 0. The molecule has 1 aliphatic rings. The molecule has 0 saturated heterocycles. The molecule has 1 atom stereocenters. The monoisotopic (exact) mass is 697 g/mol. The van der Waals surface area contributed by atoms with Gasteiger partial charge in [-0.05, 0) is 84.2 Å². The second kappa shape index (κ2) is 13.5. The van der Waals surface area contributed by atoms with E-state index in [9.17, 15) is 14.0 Å². The number of benzene rings is 3. The molecular weight excluding hydrogens is 669 g/mol. The summed E-state index contributed by atoms with van der Waals surface area (Å²) in [6, 6.07) is 16.4. The van der Waals surface area contributed by atoms with Gasteiger partial charge in [-0.1, -0.05) is 53.3 Å². The number of ether oxygens (including phenoxy) is 2. The summed E-state index contributed by atoms with van der Waals surface area (Å²) in [6.07, 6.45) is 1.75. The highest BCUT2D eigenvalue weighted by Crippen LogP contribution is 2.38. The van der Waals surface area contributed by atoms with E-state index in [0.717, 1.165) is 5.56 Å². The van der Waals surface area contributed by atoms with Crippen LogP contribution in [0.4, 0.5) is 4.39 Å². The summed E-state index contributed by atoms with van der Waals surface area (Å²) in [5, 5.41) is 0.555. The van der Waals surface area contributed by atoms with Crippen LogP contribution in [0.5, 0.6) is 11.5 Å². The van der Waals surface area contributed by atoms with Crippen LogP contribution in [-0.2, 0) is 11.4 Å². The Hall–Kier alpha value is -3.73. The number of rotatable bonds is 9. The Balaban J connectivity index is 1.59. The molecule has 228 valence electrons. The molecule has 5 rings (SSSR count). The van der Waals surface area contributed by atoms with Gasteiger partial charge in [0.05, 0.1) is 33.4 Å². The maximum Gasteiger partial charge on any atom is 0.271 e. The van der Waals surface area contributed by atoms with Crippen molar-refractivity contribution in [1.29, 1.82) is 0 Å². The SMILES string of the molecule is CCN(CC)C(=O)C1=C(C)N=c2s/c(=C/c3cc(Br)c(OCc4ccccc4F)c(OC)c3)c(=O)n2[C@H]1c1ccc(Cl)cc1. The average Bonchev–Trinajstić information content (AvgIpc) is 3.31. The van der Waals surface area contributed by atoms with E-state index in [2.05, 4.69) is 15.9 Å². The lowest BCUT2D eigenvalue weighted by atomic mass is 9.94. The third kappa shape index (κ3) is 6.24. The van der Waals surface area contributed by atoms with Crippen molar-refractivity contribution >= 4 is 50.9 Å². The molecule has 0 spiro atoms. The van der Waals surface area contributed by atoms with Crippen molar-refractivity contribution in [2.24, 2.45) is 4.99 Å². The lowest BCUT2D eigenvalue weighted by Crippen LogP contribution is -2.43. The molecule has 1 aromatic heterocycles. The van der Waals surface area contributed by atoms with Gasteiger partial charge in [0, 0.05) is 23.7 Å². The van der Waals surface area contributed by atoms with Crippen molar-refractivity contribution in [3.05, 3.63) is 124 Å². The van der Waals surface area contributed by atoms with Gasteiger partial charge in [0.25, 0.3) is 11.5 Å². The molecule has 7 nitrogen and oxygen atoms in total. The van der Waals surface area contributed by atoms with E-state index in [1.807, 2.05) is 26.0 Å². The molecule has 0 radical (unpaired) electrons. The highest BCUT2D eigenvalue weighted by atomic mass is 79.9. The third-order valence-electron chi connectivity index (χ3n) is 7.37. The molecule has 1 aliphatic heterocycles. The normalized spacial score (nSPS) is 14.7. The first-order valence-corrected chi connectivity index (χ1v) is 16.0. The Kier molecular flexibility index (Phi) is 9.72. The van der Waals surface area contributed by atoms with E-state index in [-0.39, 0.29) is 23.9 Å². The number of thiazole rings is 1. The lowest BCUT2D eigenvalue weighted by Gasteiger charge is -2.29. The smallest absolute Gasteiger partial charge is 0.271 e. The van der Waals surface area contributed by atoms with Gasteiger partial charge in [-0.25, -0.2) is 9.38 Å². The first-order valence-electron chi connectivity index (χ1n) is 14.0. The Labute approximate surface area is 271 Å². The summed E-state index contributed by atoms with van der Waals surface area (Å²) < 4.78 is 28.2. The zero-order valence-corrected chi connectivity index (χ0v) is 27.7. The van der Waals surface area contributed by atoms with Crippen molar-refractivity contribution in [1.82, 2.24) is 9.47 Å². The highest BCUT2D eigenvalue weighted by molar-refractivity contribution is 9.10. The van der Waals surface area contributed by atoms with Gasteiger partial charge in [-0.15, -0.1) is 0 Å². The molecule has 0 fully saturated rings. The van der Waals surface area contributed by atoms with Gasteiger partial charge in [-0.3, -0.25) is 14.2 Å². The molecule has 0 aliphatic carbocycles. The number of aromatic nitrogens is 1. The summed E-state index contributed by atoms with van der Waals surface area (Å²) in [5.74, 6) is 0.304. The van der Waals surface area contributed by atoms with Crippen molar-refractivity contribution < 1.29 is 18.7 Å². The molecule has 0 saturated carbocycles. The molecule has 0 unspecified atom stereocenters. The molecule has 11 heteroatoms. The lowest BCUT2D eigenvalue weighted by molar-refractivity contribution is -0.127. The fourth-order valence-corrected chi connectivity index (χ4v) is 6.86. The molecule has 0 bridgehead atoms. The van der Waals surface area contributed by atoms with Crippen molar-refractivity contribution in [3.63, 3.8) is 0 Å². The number of amides is 1. The first-order chi connectivity index (χ1) is 21.2. The number of nitrogens with zero attached hydrogens (tertiary/aromatic N) is 3. The van der Waals surface area contributed by atoms with Crippen molar-refractivity contribution in [3.8, 4) is 11.5 Å². The van der Waals surface area contributed by atoms with Crippen LogP contribution < -0.4 is 24.4 Å². The zero-order chi connectivity index (χ0) is 31.5. The minimum atomic E-state index is -0.672. The topological polar surface area (TPSA) is 73.1 Å². The number of methoxy groups -OCH3 is 1. The average molecular weight is 699 g/mol. The molecule has 4 aromatic rings. The van der Waals surface area contributed by atoms with Gasteiger partial charge in [0.15, 0.2) is 16.3 Å². The number of allylic oxidation sites excluding steroid dienone is 1. The van der Waals surface area contributed by atoms with Crippen LogP contribution in [0.1, 0.15) is 43.5 Å². The molecule has 0 N–H and O–H groups in total. The molecule has 44 heavy (non-hydrogen) atoms. The summed E-state index contributed by atoms with van der Waals surface area (Å²) in [7, 11) is 1.51. The van der Waals surface area contributed by atoms with Gasteiger partial charge in [0.1, 0.15) is 12.4 Å². The summed E-state index contributed by atoms with van der Waals surface area (Å²) in [4.78, 5) is 34.8. The van der Waals surface area contributed by atoms with Crippen molar-refractivity contribution in [2.45, 2.75) is 33.4 Å². The zero-order valence-electron chi connectivity index (χ0n) is 24.6. The van der Waals surface area contributed by atoms with Crippen molar-refractivity contribution in [2.75, 3.05) is 20.2 Å². The number of likely N-dealkylation sites (N-methyl/N-ethyl adjacent to an activating group) is 1. The molecular formula is C33H30BrClFN3O4S. The van der Waals surface area contributed by atoms with Crippen LogP contribution >= 0.6 is 38.9 Å². The van der Waals surface area contributed by atoms with Crippen LogP contribution in [0.15, 0.2) is 86.2 Å². The minimum absolute atomic E-state index is 0.0121. The van der Waals surface area contributed by atoms with Crippen LogP contribution in [-0.4, -0.2) is 35.6 Å². The van der Waals surface area contributed by atoms with Crippen LogP contribution in [0, 0.1) is 5.82 Å². The number of hydrogen-bond acceptors (Lipinski definition) is 6. The Morgan fingerprint density at radius 2 is 1.86 bits per heavy atom. The number of carbonyl (C=O) groups is 1. The van der Waals surface area contributed by atoms with Gasteiger partial charge < -0.3 is 14.4 Å². The van der Waals surface area contributed by atoms with Crippen LogP contribution in [0.3, 0.4) is 0 Å². The third-order valence-corrected chi connectivity index (χ3v) is 9.19. The number of carbonyl (C=O) groups excluding carboxylic acids is 1. The van der Waals surface area contributed by atoms with E-state index < -0.39 is 6.04 Å². The second-order valence-corrected chi connectivity index (χ2v) is 12.3. The predicted molar refractivity (Wildman–Crippen MR) is 175 cm³/mol. The Morgan fingerprint density at radius 3 is 2.52 bits per heavy atom. The van der Waals surface area contributed by atoms with E-state index in [1.54, 1.807) is 64.9 Å². The summed E-state index contributed by atoms with van der Waals surface area (Å²) in [6.45, 7) is 6.72. The maximum atomic E-state index is 14.1. The predicted octanol–water partition coefficient (Wildman–Crippen LogP) is 6.25. The molecule has 2 heterocycles. The minimum Gasteiger partial charge on any atom is -0.493 e. The largest absolute Gasteiger partial charge is 0.493 e. The molecule has 3 aromatic carbocycles. The van der Waals surface area contributed by atoms with Crippen LogP contribution in [0.25, 0.3) is 6.08 Å². The first kappa shape index (κ1) is 31.7. The second-order valence-electron chi connectivity index (χ2n) is 10.0. The van der Waals surface area contributed by atoms with Crippen LogP contribution in [0.2, 0.25) is 5.02 Å². The van der Waals surface area contributed by atoms with E-state index >= 15 is 0 Å². The number of fused-ring (bicyclic) bond motifs is 1.